The molecule has 0 fully saturated rings. The average Bonchev–Trinajstić information content (AvgIpc) is 2.35. The van der Waals surface area contributed by atoms with E-state index in [2.05, 4.69) is 5.32 Å². The lowest BCUT2D eigenvalue weighted by atomic mass is 10.1. The average molecular weight is 267 g/mol. The molecule has 2 N–H and O–H groups in total. The fourth-order valence-corrected chi connectivity index (χ4v) is 2.17. The second-order valence-electron chi connectivity index (χ2n) is 3.84. The van der Waals surface area contributed by atoms with Crippen LogP contribution in [0.25, 0.3) is 0 Å². The maximum atomic E-state index is 11.7. The van der Waals surface area contributed by atoms with E-state index in [9.17, 15) is 9.59 Å². The Labute approximate surface area is 111 Å². The van der Waals surface area contributed by atoms with Gasteiger partial charge in [0.25, 0.3) is 0 Å². The third-order valence-electron chi connectivity index (χ3n) is 2.43. The molecule has 0 bridgehead atoms. The smallest absolute Gasteiger partial charge is 0.303 e. The van der Waals surface area contributed by atoms with Crippen molar-refractivity contribution in [1.29, 1.82) is 0 Å². The van der Waals surface area contributed by atoms with Crippen molar-refractivity contribution in [3.05, 3.63) is 29.8 Å². The van der Waals surface area contributed by atoms with E-state index in [0.29, 0.717) is 19.4 Å². The summed E-state index contributed by atoms with van der Waals surface area (Å²) in [4.78, 5) is 23.1. The molecule has 0 aliphatic rings. The topological polar surface area (TPSA) is 66.4 Å². The van der Waals surface area contributed by atoms with Crippen LogP contribution in [-0.2, 0) is 16.0 Å². The summed E-state index contributed by atoms with van der Waals surface area (Å²) in [6.07, 6.45) is 2.86. The van der Waals surface area contributed by atoms with Crippen molar-refractivity contribution in [2.24, 2.45) is 0 Å². The number of rotatable bonds is 7. The molecule has 0 atom stereocenters. The largest absolute Gasteiger partial charge is 0.481 e. The van der Waals surface area contributed by atoms with E-state index in [-0.39, 0.29) is 12.3 Å². The lowest BCUT2D eigenvalue weighted by Crippen LogP contribution is -2.26. The lowest BCUT2D eigenvalue weighted by Gasteiger charge is -2.07. The quantitative estimate of drug-likeness (QED) is 0.585. The van der Waals surface area contributed by atoms with Crippen molar-refractivity contribution < 1.29 is 14.7 Å². The summed E-state index contributed by atoms with van der Waals surface area (Å²) < 4.78 is 0. The summed E-state index contributed by atoms with van der Waals surface area (Å²) in [6, 6.07) is 7.77. The number of benzene rings is 1. The fraction of sp³-hybridized carbons (Fsp3) is 0.385. The first-order valence-electron chi connectivity index (χ1n) is 5.74. The Morgan fingerprint density at radius 2 is 2.06 bits per heavy atom. The molecule has 4 nitrogen and oxygen atoms in total. The molecular formula is C13H17NO3S. The van der Waals surface area contributed by atoms with Gasteiger partial charge in [0.15, 0.2) is 0 Å². The summed E-state index contributed by atoms with van der Waals surface area (Å²) >= 11 is 1.61. The molecule has 0 spiro atoms. The van der Waals surface area contributed by atoms with Gasteiger partial charge in [-0.1, -0.05) is 18.2 Å². The van der Waals surface area contributed by atoms with Crippen LogP contribution in [0.15, 0.2) is 29.2 Å². The van der Waals surface area contributed by atoms with Gasteiger partial charge >= 0.3 is 5.97 Å². The zero-order valence-corrected chi connectivity index (χ0v) is 11.1. The van der Waals surface area contributed by atoms with Gasteiger partial charge in [0, 0.05) is 17.9 Å². The van der Waals surface area contributed by atoms with Crippen LogP contribution >= 0.6 is 11.8 Å². The second kappa shape index (κ2) is 7.76. The number of hydrogen-bond acceptors (Lipinski definition) is 3. The van der Waals surface area contributed by atoms with Crippen LogP contribution in [0.1, 0.15) is 18.4 Å². The number of amides is 1. The van der Waals surface area contributed by atoms with Crippen molar-refractivity contribution in [1.82, 2.24) is 5.32 Å². The molecule has 0 radical (unpaired) electrons. The summed E-state index contributed by atoms with van der Waals surface area (Å²) in [7, 11) is 0. The first-order chi connectivity index (χ1) is 8.63. The normalized spacial score (nSPS) is 10.1. The van der Waals surface area contributed by atoms with Gasteiger partial charge in [-0.3, -0.25) is 9.59 Å². The van der Waals surface area contributed by atoms with Gasteiger partial charge in [-0.05, 0) is 24.3 Å². The van der Waals surface area contributed by atoms with Gasteiger partial charge in [0.05, 0.1) is 6.42 Å². The van der Waals surface area contributed by atoms with Crippen molar-refractivity contribution >= 4 is 23.6 Å². The number of carboxylic acids is 1. The summed E-state index contributed by atoms with van der Waals surface area (Å²) in [6.45, 7) is 0.409. The van der Waals surface area contributed by atoms with Crippen molar-refractivity contribution in [2.75, 3.05) is 12.8 Å². The number of carbonyl (C=O) groups excluding carboxylic acids is 1. The Balaban J connectivity index is 2.37. The molecule has 98 valence electrons. The van der Waals surface area contributed by atoms with E-state index in [0.717, 1.165) is 10.5 Å². The van der Waals surface area contributed by atoms with Crippen LogP contribution in [0.4, 0.5) is 0 Å². The Hall–Kier alpha value is -1.49. The van der Waals surface area contributed by atoms with Gasteiger partial charge in [-0.2, -0.15) is 0 Å². The maximum Gasteiger partial charge on any atom is 0.303 e. The fourth-order valence-electron chi connectivity index (χ4n) is 1.55. The molecule has 0 unspecified atom stereocenters. The van der Waals surface area contributed by atoms with E-state index in [1.54, 1.807) is 11.8 Å². The molecule has 0 aliphatic heterocycles. The molecule has 18 heavy (non-hydrogen) atoms. The number of hydrogen-bond donors (Lipinski definition) is 2. The highest BCUT2D eigenvalue weighted by Gasteiger charge is 2.06. The van der Waals surface area contributed by atoms with Crippen molar-refractivity contribution in [2.45, 2.75) is 24.2 Å². The molecule has 1 amide bonds. The van der Waals surface area contributed by atoms with Gasteiger partial charge in [-0.25, -0.2) is 0 Å². The molecule has 1 aromatic rings. The SMILES string of the molecule is CSc1ccccc1CC(=O)NCCCC(=O)O. The number of aliphatic carboxylic acids is 1. The van der Waals surface area contributed by atoms with Gasteiger partial charge in [-0.15, -0.1) is 11.8 Å². The predicted octanol–water partition coefficient (Wildman–Crippen LogP) is 1.93. The van der Waals surface area contributed by atoms with Gasteiger partial charge < -0.3 is 10.4 Å². The van der Waals surface area contributed by atoms with Gasteiger partial charge in [0.1, 0.15) is 0 Å². The monoisotopic (exact) mass is 267 g/mol. The molecule has 0 saturated heterocycles. The first-order valence-corrected chi connectivity index (χ1v) is 6.96. The minimum Gasteiger partial charge on any atom is -0.481 e. The number of carboxylic acid groups (broad SMARTS) is 1. The Morgan fingerprint density at radius 3 is 2.72 bits per heavy atom. The van der Waals surface area contributed by atoms with Crippen LogP contribution in [0.5, 0.6) is 0 Å². The van der Waals surface area contributed by atoms with Crippen LogP contribution in [0.2, 0.25) is 0 Å². The van der Waals surface area contributed by atoms with E-state index in [1.807, 2.05) is 30.5 Å². The summed E-state index contributed by atoms with van der Waals surface area (Å²) in [5.74, 6) is -0.904. The zero-order valence-electron chi connectivity index (χ0n) is 10.3. The lowest BCUT2D eigenvalue weighted by molar-refractivity contribution is -0.137. The van der Waals surface area contributed by atoms with Crippen molar-refractivity contribution in [3.63, 3.8) is 0 Å². The Kier molecular flexibility index (Phi) is 6.28. The summed E-state index contributed by atoms with van der Waals surface area (Å²) in [5, 5.41) is 11.2. The van der Waals surface area contributed by atoms with Crippen LogP contribution < -0.4 is 5.32 Å². The minimum atomic E-state index is -0.836. The number of thioether (sulfide) groups is 1. The number of nitrogens with one attached hydrogen (secondary N) is 1. The first kappa shape index (κ1) is 14.6. The Morgan fingerprint density at radius 1 is 1.33 bits per heavy atom. The van der Waals surface area contributed by atoms with E-state index >= 15 is 0 Å². The molecule has 0 aliphatic carbocycles. The molecule has 5 heteroatoms. The van der Waals surface area contributed by atoms with Crippen molar-refractivity contribution in [3.8, 4) is 0 Å². The minimum absolute atomic E-state index is 0.0677. The molecular weight excluding hydrogens is 250 g/mol. The molecule has 0 aromatic heterocycles. The van der Waals surface area contributed by atoms with Crippen LogP contribution in [-0.4, -0.2) is 29.8 Å². The van der Waals surface area contributed by atoms with Crippen LogP contribution in [0.3, 0.4) is 0 Å². The summed E-state index contributed by atoms with van der Waals surface area (Å²) in [5.41, 5.74) is 1.00. The molecule has 0 heterocycles. The third kappa shape index (κ3) is 5.23. The number of carbonyl (C=O) groups is 2. The zero-order chi connectivity index (χ0) is 13.4. The van der Waals surface area contributed by atoms with E-state index in [1.165, 1.54) is 0 Å². The van der Waals surface area contributed by atoms with Crippen LogP contribution in [0, 0.1) is 0 Å². The highest BCUT2D eigenvalue weighted by molar-refractivity contribution is 7.98. The standard InChI is InChI=1S/C13H17NO3S/c1-18-11-6-3-2-5-10(11)9-12(15)14-8-4-7-13(16)17/h2-3,5-6H,4,7-9H2,1H3,(H,14,15)(H,16,17). The van der Waals surface area contributed by atoms with E-state index < -0.39 is 5.97 Å². The highest BCUT2D eigenvalue weighted by atomic mass is 32.2. The van der Waals surface area contributed by atoms with Gasteiger partial charge in [0.2, 0.25) is 5.91 Å². The Bertz CT molecular complexity index is 420. The third-order valence-corrected chi connectivity index (χ3v) is 3.27. The predicted molar refractivity (Wildman–Crippen MR) is 71.8 cm³/mol. The molecule has 0 saturated carbocycles. The highest BCUT2D eigenvalue weighted by Crippen LogP contribution is 2.19. The molecule has 1 rings (SSSR count). The maximum absolute atomic E-state index is 11.7. The van der Waals surface area contributed by atoms with E-state index in [4.69, 9.17) is 5.11 Å². The molecule has 1 aromatic carbocycles. The second-order valence-corrected chi connectivity index (χ2v) is 4.68.